The predicted molar refractivity (Wildman–Crippen MR) is 111 cm³/mol. The Kier molecular flexibility index (Phi) is 6.90. The van der Waals surface area contributed by atoms with Crippen molar-refractivity contribution in [2.45, 2.75) is 25.8 Å². The maximum absolute atomic E-state index is 12.8. The van der Waals surface area contributed by atoms with Gasteiger partial charge in [-0.15, -0.1) is 0 Å². The number of rotatable bonds is 6. The van der Waals surface area contributed by atoms with Crippen LogP contribution in [0.15, 0.2) is 48.5 Å². The number of alkyl carbamates (subject to hydrolysis) is 1. The third-order valence-electron chi connectivity index (χ3n) is 4.78. The maximum atomic E-state index is 12.8. The second-order valence-corrected chi connectivity index (χ2v) is 6.97. The monoisotopic (exact) mass is 411 g/mol. The van der Waals surface area contributed by atoms with Gasteiger partial charge in [0, 0.05) is 30.3 Å². The van der Waals surface area contributed by atoms with E-state index in [1.807, 2.05) is 0 Å². The lowest BCUT2D eigenvalue weighted by Gasteiger charge is -2.33. The number of piperidine rings is 1. The molecule has 30 heavy (non-hydrogen) atoms. The van der Waals surface area contributed by atoms with Crippen LogP contribution in [0.1, 0.15) is 40.5 Å². The molecule has 1 fully saturated rings. The molecule has 0 aliphatic carbocycles. The van der Waals surface area contributed by atoms with Crippen LogP contribution in [0.25, 0.3) is 0 Å². The van der Waals surface area contributed by atoms with Crippen LogP contribution in [-0.2, 0) is 4.74 Å². The summed E-state index contributed by atoms with van der Waals surface area (Å²) >= 11 is 0. The van der Waals surface area contributed by atoms with E-state index in [-0.39, 0.29) is 11.9 Å². The number of nitrogens with zero attached hydrogens (tertiary/aromatic N) is 1. The number of amides is 3. The third-order valence-corrected chi connectivity index (χ3v) is 4.78. The summed E-state index contributed by atoms with van der Waals surface area (Å²) in [5, 5.41) is 2.80. The maximum Gasteiger partial charge on any atom is 0.407 e. The second-order valence-electron chi connectivity index (χ2n) is 6.97. The molecule has 3 N–H and O–H groups in total. The highest BCUT2D eigenvalue weighted by molar-refractivity contribution is 5.94. The highest BCUT2D eigenvalue weighted by Crippen LogP contribution is 2.23. The molecule has 1 heterocycles. The van der Waals surface area contributed by atoms with E-state index in [4.69, 9.17) is 15.2 Å². The predicted octanol–water partition coefficient (Wildman–Crippen LogP) is 2.93. The second kappa shape index (κ2) is 9.78. The van der Waals surface area contributed by atoms with Crippen LogP contribution in [0.4, 0.5) is 4.79 Å². The first-order valence-electron chi connectivity index (χ1n) is 9.86. The van der Waals surface area contributed by atoms with Crippen molar-refractivity contribution in [3.63, 3.8) is 0 Å². The molecule has 1 aliphatic rings. The molecule has 0 aromatic heterocycles. The van der Waals surface area contributed by atoms with Crippen LogP contribution >= 0.6 is 0 Å². The van der Waals surface area contributed by atoms with Crippen molar-refractivity contribution in [1.29, 1.82) is 0 Å². The minimum absolute atomic E-state index is 0.0947. The van der Waals surface area contributed by atoms with Crippen molar-refractivity contribution in [2.75, 3.05) is 19.7 Å². The molecule has 0 spiro atoms. The molecule has 158 valence electrons. The molecule has 3 rings (SSSR count). The Morgan fingerprint density at radius 2 is 1.63 bits per heavy atom. The van der Waals surface area contributed by atoms with Gasteiger partial charge in [-0.2, -0.15) is 0 Å². The fourth-order valence-electron chi connectivity index (χ4n) is 3.29. The summed E-state index contributed by atoms with van der Waals surface area (Å²) in [6, 6.07) is 13.2. The van der Waals surface area contributed by atoms with E-state index >= 15 is 0 Å². The number of likely N-dealkylation sites (tertiary alicyclic amines) is 1. The Bertz CT molecular complexity index is 896. The van der Waals surface area contributed by atoms with Gasteiger partial charge in [-0.05, 0) is 68.3 Å². The van der Waals surface area contributed by atoms with Crippen molar-refractivity contribution in [2.24, 2.45) is 5.73 Å². The Labute approximate surface area is 174 Å². The quantitative estimate of drug-likeness (QED) is 0.759. The lowest BCUT2D eigenvalue weighted by atomic mass is 10.0. The number of carbonyl (C=O) groups is 3. The van der Waals surface area contributed by atoms with Crippen LogP contribution in [0.3, 0.4) is 0 Å². The molecule has 2 aromatic rings. The normalized spacial score (nSPS) is 15.9. The summed E-state index contributed by atoms with van der Waals surface area (Å²) in [6.45, 7) is 3.15. The number of benzene rings is 2. The standard InChI is InChI=1S/C22H25N3O5/c1-2-29-22(28)24-17-4-3-13-25(14-17)21(27)16-7-11-19(12-8-16)30-18-9-5-15(6-10-18)20(23)26/h5-12,17H,2-4,13-14H2,1H3,(H2,23,26)(H,24,28). The lowest BCUT2D eigenvalue weighted by molar-refractivity contribution is 0.0686. The molecule has 1 saturated heterocycles. The van der Waals surface area contributed by atoms with Crippen molar-refractivity contribution < 1.29 is 23.9 Å². The van der Waals surface area contributed by atoms with Crippen LogP contribution in [0, 0.1) is 0 Å². The molecule has 8 heteroatoms. The van der Waals surface area contributed by atoms with E-state index in [9.17, 15) is 14.4 Å². The van der Waals surface area contributed by atoms with Crippen LogP contribution in [0.5, 0.6) is 11.5 Å². The first kappa shape index (κ1) is 21.2. The number of ether oxygens (including phenoxy) is 2. The number of carbonyl (C=O) groups excluding carboxylic acids is 3. The van der Waals surface area contributed by atoms with Crippen LogP contribution in [-0.4, -0.2) is 48.5 Å². The van der Waals surface area contributed by atoms with Gasteiger partial charge in [0.1, 0.15) is 11.5 Å². The Hall–Kier alpha value is -3.55. The van der Waals surface area contributed by atoms with E-state index < -0.39 is 12.0 Å². The Balaban J connectivity index is 1.59. The van der Waals surface area contributed by atoms with Crippen molar-refractivity contribution >= 4 is 17.9 Å². The highest BCUT2D eigenvalue weighted by Gasteiger charge is 2.25. The summed E-state index contributed by atoms with van der Waals surface area (Å²) in [5.41, 5.74) is 6.17. The highest BCUT2D eigenvalue weighted by atomic mass is 16.5. The molecule has 0 bridgehead atoms. The summed E-state index contributed by atoms with van der Waals surface area (Å²) in [7, 11) is 0. The van der Waals surface area contributed by atoms with Gasteiger partial charge in [0.15, 0.2) is 0 Å². The van der Waals surface area contributed by atoms with E-state index in [1.54, 1.807) is 60.4 Å². The van der Waals surface area contributed by atoms with Gasteiger partial charge in [-0.25, -0.2) is 4.79 Å². The van der Waals surface area contributed by atoms with Gasteiger partial charge in [0.2, 0.25) is 5.91 Å². The largest absolute Gasteiger partial charge is 0.457 e. The molecule has 8 nitrogen and oxygen atoms in total. The van der Waals surface area contributed by atoms with Crippen molar-refractivity contribution in [3.05, 3.63) is 59.7 Å². The molecular weight excluding hydrogens is 386 g/mol. The van der Waals surface area contributed by atoms with E-state index in [2.05, 4.69) is 5.32 Å². The van der Waals surface area contributed by atoms with Crippen molar-refractivity contribution in [3.8, 4) is 11.5 Å². The minimum atomic E-state index is -0.498. The van der Waals surface area contributed by atoms with Gasteiger partial charge in [-0.1, -0.05) is 0 Å². The molecule has 1 unspecified atom stereocenters. The number of nitrogens with two attached hydrogens (primary N) is 1. The van der Waals surface area contributed by atoms with E-state index in [0.717, 1.165) is 12.8 Å². The van der Waals surface area contributed by atoms with Gasteiger partial charge < -0.3 is 25.4 Å². The molecule has 2 aromatic carbocycles. The zero-order valence-corrected chi connectivity index (χ0v) is 16.8. The topological polar surface area (TPSA) is 111 Å². The fourth-order valence-corrected chi connectivity index (χ4v) is 3.29. The van der Waals surface area contributed by atoms with E-state index in [0.29, 0.717) is 42.3 Å². The Morgan fingerprint density at radius 3 is 2.20 bits per heavy atom. The molecule has 0 saturated carbocycles. The molecule has 1 atom stereocenters. The third kappa shape index (κ3) is 5.50. The van der Waals surface area contributed by atoms with Crippen LogP contribution in [0.2, 0.25) is 0 Å². The number of hydrogen-bond acceptors (Lipinski definition) is 5. The van der Waals surface area contributed by atoms with Crippen molar-refractivity contribution in [1.82, 2.24) is 10.2 Å². The SMILES string of the molecule is CCOC(=O)NC1CCCN(C(=O)c2ccc(Oc3ccc(C(N)=O)cc3)cc2)C1. The van der Waals surface area contributed by atoms with Gasteiger partial charge in [-0.3, -0.25) is 9.59 Å². The van der Waals surface area contributed by atoms with Crippen LogP contribution < -0.4 is 15.8 Å². The lowest BCUT2D eigenvalue weighted by Crippen LogP contribution is -2.49. The minimum Gasteiger partial charge on any atom is -0.457 e. The molecular formula is C22H25N3O5. The average molecular weight is 411 g/mol. The first-order chi connectivity index (χ1) is 14.5. The van der Waals surface area contributed by atoms with Gasteiger partial charge in [0.05, 0.1) is 6.61 Å². The first-order valence-corrected chi connectivity index (χ1v) is 9.86. The molecule has 0 radical (unpaired) electrons. The average Bonchev–Trinajstić information content (AvgIpc) is 2.74. The molecule has 3 amide bonds. The Morgan fingerprint density at radius 1 is 1.03 bits per heavy atom. The summed E-state index contributed by atoms with van der Waals surface area (Å²) < 4.78 is 10.7. The van der Waals surface area contributed by atoms with E-state index in [1.165, 1.54) is 0 Å². The van der Waals surface area contributed by atoms with Gasteiger partial charge >= 0.3 is 6.09 Å². The summed E-state index contributed by atoms with van der Waals surface area (Å²) in [4.78, 5) is 37.3. The zero-order chi connectivity index (χ0) is 21.5. The fraction of sp³-hybridized carbons (Fsp3) is 0.318. The summed E-state index contributed by atoms with van der Waals surface area (Å²) in [6.07, 6.45) is 1.16. The number of nitrogens with one attached hydrogen (secondary N) is 1. The summed E-state index contributed by atoms with van der Waals surface area (Å²) in [5.74, 6) is 0.534. The molecule has 1 aliphatic heterocycles. The smallest absolute Gasteiger partial charge is 0.407 e. The van der Waals surface area contributed by atoms with Gasteiger partial charge in [0.25, 0.3) is 5.91 Å². The number of hydrogen-bond donors (Lipinski definition) is 2. The zero-order valence-electron chi connectivity index (χ0n) is 16.8. The number of primary amides is 1.